The molecular formula is C25H30ClN2NaO10. The number of fused-ring (bicyclic) bond motifs is 1. The van der Waals surface area contributed by atoms with Crippen LogP contribution in [0.2, 0.25) is 0 Å². The average molecular weight is 577 g/mol. The minimum atomic E-state index is -0.506. The molecule has 2 aromatic carbocycles. The van der Waals surface area contributed by atoms with Crippen LogP contribution >= 0.6 is 11.6 Å². The van der Waals surface area contributed by atoms with E-state index in [4.69, 9.17) is 42.0 Å². The Morgan fingerprint density at radius 1 is 1.10 bits per heavy atom. The number of anilines is 2. The maximum Gasteiger partial charge on any atom is 1.00 e. The SMILES string of the molecule is CCOC(=O)/C=C1\COc2ccccc2N1.CCOC(=O)CC(=O)CCl.Nc1ccccc1O.O=CO[O-].[Na+]. The Bertz CT molecular complexity index is 1030. The molecule has 0 fully saturated rings. The third kappa shape index (κ3) is 18.6. The number of ether oxygens (including phenoxy) is 3. The number of benzene rings is 2. The number of aromatic hydroxyl groups is 1. The number of alkyl halides is 1. The van der Waals surface area contributed by atoms with Crippen molar-refractivity contribution in [2.75, 3.05) is 36.8 Å². The van der Waals surface area contributed by atoms with E-state index in [0.717, 1.165) is 11.4 Å². The van der Waals surface area contributed by atoms with Gasteiger partial charge in [-0.25, -0.2) is 4.79 Å². The van der Waals surface area contributed by atoms with E-state index in [1.807, 2.05) is 24.3 Å². The largest absolute Gasteiger partial charge is 1.00 e. The van der Waals surface area contributed by atoms with Gasteiger partial charge in [-0.3, -0.25) is 14.4 Å². The van der Waals surface area contributed by atoms with E-state index in [2.05, 4.69) is 14.9 Å². The van der Waals surface area contributed by atoms with Gasteiger partial charge in [0.2, 0.25) is 0 Å². The molecule has 0 amide bonds. The number of carbonyl (C=O) groups is 4. The second-order valence-corrected chi connectivity index (χ2v) is 7.00. The molecule has 0 saturated carbocycles. The quantitative estimate of drug-likeness (QED) is 0.0353. The van der Waals surface area contributed by atoms with Gasteiger partial charge in [0, 0.05) is 6.08 Å². The summed E-state index contributed by atoms with van der Waals surface area (Å²) >= 11 is 5.14. The summed E-state index contributed by atoms with van der Waals surface area (Å²) in [4.78, 5) is 43.5. The molecule has 0 bridgehead atoms. The maximum absolute atomic E-state index is 11.2. The maximum atomic E-state index is 11.2. The molecular weight excluding hydrogens is 547 g/mol. The fraction of sp³-hybridized carbons (Fsp3) is 0.280. The van der Waals surface area contributed by atoms with Crippen molar-refractivity contribution in [3.63, 3.8) is 0 Å². The molecule has 1 aliphatic rings. The van der Waals surface area contributed by atoms with Crippen LogP contribution in [0.25, 0.3) is 0 Å². The smallest absolute Gasteiger partial charge is 0.662 e. The van der Waals surface area contributed by atoms with Crippen LogP contribution in [-0.4, -0.2) is 55.0 Å². The number of phenols is 1. The van der Waals surface area contributed by atoms with Crippen LogP contribution in [0.1, 0.15) is 20.3 Å². The predicted octanol–water partition coefficient (Wildman–Crippen LogP) is -0.901. The van der Waals surface area contributed by atoms with Crippen LogP contribution in [0.4, 0.5) is 11.4 Å². The standard InChI is InChI=1S/C12H13NO3.C6H9ClO3.C6H7NO.CH2O3.Na/c1-2-15-12(14)7-9-8-16-11-6-4-3-5-10(11)13-9;1-2-10-6(9)3-5(8)4-7;7-5-3-1-2-4-6(5)8;2-1-4-3;/h3-7,13H,2,8H2,1H3;2-4H2,1H3;1-4,8H,7H2;1,3H;/q;;;;+1/p-1/b9-7+;;;;. The van der Waals surface area contributed by atoms with Crippen molar-refractivity contribution in [3.05, 3.63) is 60.3 Å². The summed E-state index contributed by atoms with van der Waals surface area (Å²) in [5, 5.41) is 20.3. The van der Waals surface area contributed by atoms with E-state index in [-0.39, 0.29) is 65.8 Å². The Labute approximate surface area is 253 Å². The number of Topliss-reactive ketones (excluding diaryl/α,β-unsaturated/α-hetero) is 1. The van der Waals surface area contributed by atoms with Gasteiger partial charge < -0.3 is 40.5 Å². The van der Waals surface area contributed by atoms with Crippen molar-refractivity contribution < 1.29 is 78.2 Å². The zero-order valence-electron chi connectivity index (χ0n) is 21.9. The number of esters is 2. The number of ketones is 1. The molecule has 39 heavy (non-hydrogen) atoms. The molecule has 0 radical (unpaired) electrons. The molecule has 0 atom stereocenters. The number of nitrogens with one attached hydrogen (secondary N) is 1. The van der Waals surface area contributed by atoms with Gasteiger partial charge >= 0.3 is 41.5 Å². The number of rotatable bonds is 7. The van der Waals surface area contributed by atoms with Crippen molar-refractivity contribution in [1.82, 2.24) is 0 Å². The van der Waals surface area contributed by atoms with Crippen molar-refractivity contribution in [2.45, 2.75) is 20.3 Å². The number of carbonyl (C=O) groups excluding carboxylic acids is 4. The minimum Gasteiger partial charge on any atom is -0.662 e. The molecule has 1 heterocycles. The van der Waals surface area contributed by atoms with Crippen LogP contribution in [0.3, 0.4) is 0 Å². The van der Waals surface area contributed by atoms with Gasteiger partial charge in [0.25, 0.3) is 6.47 Å². The molecule has 0 aliphatic carbocycles. The molecule has 0 unspecified atom stereocenters. The zero-order chi connectivity index (χ0) is 28.8. The van der Waals surface area contributed by atoms with Gasteiger partial charge in [0.05, 0.1) is 36.2 Å². The number of halogens is 1. The molecule has 1 aliphatic heterocycles. The Hall–Kier alpha value is -3.29. The third-order valence-electron chi connectivity index (χ3n) is 3.92. The van der Waals surface area contributed by atoms with E-state index in [1.165, 1.54) is 6.08 Å². The predicted molar refractivity (Wildman–Crippen MR) is 137 cm³/mol. The Morgan fingerprint density at radius 2 is 1.69 bits per heavy atom. The number of nitrogens with two attached hydrogens (primary N) is 1. The van der Waals surface area contributed by atoms with Gasteiger partial charge in [-0.2, -0.15) is 0 Å². The van der Waals surface area contributed by atoms with E-state index in [9.17, 15) is 14.4 Å². The van der Waals surface area contributed by atoms with Crippen molar-refractivity contribution >= 4 is 47.2 Å². The van der Waals surface area contributed by atoms with Crippen LogP contribution in [0, 0.1) is 0 Å². The molecule has 14 heteroatoms. The minimum absolute atomic E-state index is 0. The Morgan fingerprint density at radius 3 is 2.21 bits per heavy atom. The Balaban J connectivity index is 0. The summed E-state index contributed by atoms with van der Waals surface area (Å²) in [5.74, 6) is -0.351. The van der Waals surface area contributed by atoms with Gasteiger partial charge in [0.15, 0.2) is 5.78 Å². The van der Waals surface area contributed by atoms with Gasteiger partial charge in [-0.1, -0.05) is 24.3 Å². The molecule has 4 N–H and O–H groups in total. The molecule has 2 aromatic rings. The normalized spacial score (nSPS) is 11.2. The Kier molecular flexibility index (Phi) is 23.1. The number of hydrogen-bond acceptors (Lipinski definition) is 12. The molecule has 208 valence electrons. The molecule has 3 rings (SSSR count). The fourth-order valence-corrected chi connectivity index (χ4v) is 2.47. The van der Waals surface area contributed by atoms with E-state index in [1.54, 1.807) is 38.1 Å². The van der Waals surface area contributed by atoms with Gasteiger partial charge in [0.1, 0.15) is 24.5 Å². The topological polar surface area (TPSA) is 187 Å². The monoisotopic (exact) mass is 576 g/mol. The van der Waals surface area contributed by atoms with E-state index in [0.29, 0.717) is 31.2 Å². The fourth-order valence-electron chi connectivity index (χ4n) is 2.37. The second kappa shape index (κ2) is 23.8. The first-order chi connectivity index (χ1) is 18.2. The van der Waals surface area contributed by atoms with Gasteiger partial charge in [-0.15, -0.1) is 11.6 Å². The molecule has 0 aromatic heterocycles. The van der Waals surface area contributed by atoms with Crippen LogP contribution in [-0.2, 0) is 33.5 Å². The van der Waals surface area contributed by atoms with Crippen LogP contribution in [0.5, 0.6) is 11.5 Å². The summed E-state index contributed by atoms with van der Waals surface area (Å²) in [6.45, 7) is 4.31. The third-order valence-corrected chi connectivity index (χ3v) is 4.21. The van der Waals surface area contributed by atoms with E-state index >= 15 is 0 Å². The zero-order valence-corrected chi connectivity index (χ0v) is 24.6. The second-order valence-electron chi connectivity index (χ2n) is 6.74. The summed E-state index contributed by atoms with van der Waals surface area (Å²) in [5.41, 5.74) is 7.26. The first kappa shape index (κ1) is 37.9. The van der Waals surface area contributed by atoms with Crippen molar-refractivity contribution in [3.8, 4) is 11.5 Å². The van der Waals surface area contributed by atoms with Crippen LogP contribution < -0.4 is 50.6 Å². The van der Waals surface area contributed by atoms with Crippen molar-refractivity contribution in [1.29, 1.82) is 0 Å². The van der Waals surface area contributed by atoms with E-state index < -0.39 is 5.97 Å². The summed E-state index contributed by atoms with van der Waals surface area (Å²) in [7, 11) is 0. The molecule has 0 spiro atoms. The average Bonchev–Trinajstić information content (AvgIpc) is 2.91. The van der Waals surface area contributed by atoms with Crippen molar-refractivity contribution in [2.24, 2.45) is 0 Å². The molecule has 12 nitrogen and oxygen atoms in total. The number of hydrogen-bond donors (Lipinski definition) is 3. The number of nitrogen functional groups attached to an aromatic ring is 1. The molecule has 0 saturated heterocycles. The van der Waals surface area contributed by atoms with Gasteiger partial charge in [-0.05, 0) is 38.1 Å². The summed E-state index contributed by atoms with van der Waals surface area (Å²) in [6, 6.07) is 14.3. The number of phenolic OH excluding ortho intramolecular Hbond substituents is 1. The first-order valence-corrected chi connectivity index (χ1v) is 11.6. The first-order valence-electron chi connectivity index (χ1n) is 11.1. The summed E-state index contributed by atoms with van der Waals surface area (Å²) < 4.78 is 14.8. The van der Waals surface area contributed by atoms with Crippen LogP contribution in [0.15, 0.2) is 60.3 Å². The number of para-hydroxylation sites is 4. The summed E-state index contributed by atoms with van der Waals surface area (Å²) in [6.07, 6.45) is 1.21.